The fourth-order valence-corrected chi connectivity index (χ4v) is 1.55. The quantitative estimate of drug-likeness (QED) is 0.716. The van der Waals surface area contributed by atoms with Crippen LogP contribution in [0, 0.1) is 5.82 Å². The lowest BCUT2D eigenvalue weighted by Gasteiger charge is -2.22. The van der Waals surface area contributed by atoms with Crippen LogP contribution >= 0.6 is 0 Å². The average Bonchev–Trinajstić information content (AvgIpc) is 2.31. The van der Waals surface area contributed by atoms with Gasteiger partial charge in [0.15, 0.2) is 5.82 Å². The average molecular weight is 225 g/mol. The van der Waals surface area contributed by atoms with Crippen molar-refractivity contribution in [1.29, 1.82) is 0 Å². The molecule has 1 saturated heterocycles. The van der Waals surface area contributed by atoms with Crippen molar-refractivity contribution < 1.29 is 18.7 Å². The fraction of sp³-hybridized carbons (Fsp3) is 0.455. The largest absolute Gasteiger partial charge is 0.459 e. The van der Waals surface area contributed by atoms with E-state index in [0.717, 1.165) is 6.20 Å². The van der Waals surface area contributed by atoms with E-state index in [1.807, 2.05) is 0 Å². The van der Waals surface area contributed by atoms with Crippen LogP contribution in [0.1, 0.15) is 23.2 Å². The van der Waals surface area contributed by atoms with Gasteiger partial charge in [-0.3, -0.25) is 4.98 Å². The van der Waals surface area contributed by atoms with E-state index in [4.69, 9.17) is 9.47 Å². The molecule has 0 saturated carbocycles. The summed E-state index contributed by atoms with van der Waals surface area (Å²) < 4.78 is 23.5. The van der Waals surface area contributed by atoms with Gasteiger partial charge < -0.3 is 9.47 Å². The second-order valence-corrected chi connectivity index (χ2v) is 3.57. The highest BCUT2D eigenvalue weighted by Gasteiger charge is 2.20. The van der Waals surface area contributed by atoms with Crippen LogP contribution in [0.25, 0.3) is 0 Å². The fourth-order valence-electron chi connectivity index (χ4n) is 1.55. The Kier molecular flexibility index (Phi) is 3.46. The van der Waals surface area contributed by atoms with Gasteiger partial charge in [-0.2, -0.15) is 0 Å². The van der Waals surface area contributed by atoms with Gasteiger partial charge in [-0.15, -0.1) is 0 Å². The smallest absolute Gasteiger partial charge is 0.341 e. The first-order valence-corrected chi connectivity index (χ1v) is 5.15. The van der Waals surface area contributed by atoms with E-state index in [2.05, 4.69) is 4.98 Å². The number of aromatic nitrogens is 1. The van der Waals surface area contributed by atoms with Crippen molar-refractivity contribution in [3.05, 3.63) is 29.8 Å². The van der Waals surface area contributed by atoms with Crippen LogP contribution in [0.15, 0.2) is 18.5 Å². The van der Waals surface area contributed by atoms with Crippen molar-refractivity contribution >= 4 is 5.97 Å². The third kappa shape index (κ3) is 2.55. The van der Waals surface area contributed by atoms with E-state index in [9.17, 15) is 9.18 Å². The van der Waals surface area contributed by atoms with Crippen molar-refractivity contribution in [2.45, 2.75) is 18.9 Å². The number of carbonyl (C=O) groups excluding carboxylic acids is 1. The first-order valence-electron chi connectivity index (χ1n) is 5.15. The van der Waals surface area contributed by atoms with Crippen LogP contribution in [0.5, 0.6) is 0 Å². The molecule has 1 aromatic heterocycles. The lowest BCUT2D eigenvalue weighted by atomic mass is 10.1. The highest BCUT2D eigenvalue weighted by atomic mass is 19.1. The van der Waals surface area contributed by atoms with Crippen LogP contribution < -0.4 is 0 Å². The van der Waals surface area contributed by atoms with E-state index in [1.54, 1.807) is 0 Å². The summed E-state index contributed by atoms with van der Waals surface area (Å²) in [6.45, 7) is 1.16. The van der Waals surface area contributed by atoms with Crippen LogP contribution in [0.2, 0.25) is 0 Å². The number of rotatable bonds is 2. The molecule has 0 aliphatic carbocycles. The van der Waals surface area contributed by atoms with Gasteiger partial charge in [-0.1, -0.05) is 0 Å². The Balaban J connectivity index is 2.00. The van der Waals surface area contributed by atoms with Gasteiger partial charge >= 0.3 is 5.97 Å². The SMILES string of the molecule is O=C(OC1CCOCC1)c1ccncc1F. The van der Waals surface area contributed by atoms with Crippen molar-refractivity contribution in [2.24, 2.45) is 0 Å². The Morgan fingerprint density at radius 3 is 2.94 bits per heavy atom. The van der Waals surface area contributed by atoms with Crippen LogP contribution in [-0.4, -0.2) is 30.3 Å². The van der Waals surface area contributed by atoms with Gasteiger partial charge in [0, 0.05) is 19.0 Å². The molecule has 4 nitrogen and oxygen atoms in total. The minimum absolute atomic E-state index is 0.0681. The molecule has 0 unspecified atom stereocenters. The Bertz CT molecular complexity index is 377. The van der Waals surface area contributed by atoms with E-state index in [0.29, 0.717) is 26.1 Å². The molecule has 0 bridgehead atoms. The number of ether oxygens (including phenoxy) is 2. The van der Waals surface area contributed by atoms with Crippen molar-refractivity contribution in [2.75, 3.05) is 13.2 Å². The lowest BCUT2D eigenvalue weighted by Crippen LogP contribution is -2.26. The second-order valence-electron chi connectivity index (χ2n) is 3.57. The van der Waals surface area contributed by atoms with Gasteiger partial charge in [0.05, 0.1) is 25.0 Å². The van der Waals surface area contributed by atoms with Crippen LogP contribution in [0.4, 0.5) is 4.39 Å². The molecule has 5 heteroatoms. The molecule has 16 heavy (non-hydrogen) atoms. The number of hydrogen-bond donors (Lipinski definition) is 0. The zero-order valence-corrected chi connectivity index (χ0v) is 8.69. The van der Waals surface area contributed by atoms with Gasteiger partial charge in [0.1, 0.15) is 6.10 Å². The molecule has 2 rings (SSSR count). The van der Waals surface area contributed by atoms with Gasteiger partial charge in [-0.05, 0) is 6.07 Å². The molecule has 1 aliphatic rings. The predicted octanol–water partition coefficient (Wildman–Crippen LogP) is 1.56. The third-order valence-corrected chi connectivity index (χ3v) is 2.43. The Morgan fingerprint density at radius 2 is 2.25 bits per heavy atom. The summed E-state index contributed by atoms with van der Waals surface area (Å²) in [6.07, 6.45) is 3.52. The van der Waals surface area contributed by atoms with Gasteiger partial charge in [0.2, 0.25) is 0 Å². The van der Waals surface area contributed by atoms with E-state index in [-0.39, 0.29) is 11.7 Å². The Morgan fingerprint density at radius 1 is 1.50 bits per heavy atom. The molecule has 0 amide bonds. The predicted molar refractivity (Wildman–Crippen MR) is 53.5 cm³/mol. The molecule has 0 spiro atoms. The third-order valence-electron chi connectivity index (χ3n) is 2.43. The molecule has 2 heterocycles. The minimum Gasteiger partial charge on any atom is -0.459 e. The first-order chi connectivity index (χ1) is 7.77. The standard InChI is InChI=1S/C11H12FNO3/c12-10-7-13-4-1-9(10)11(14)16-8-2-5-15-6-3-8/h1,4,7-8H,2-3,5-6H2. The summed E-state index contributed by atoms with van der Waals surface area (Å²) in [5.41, 5.74) is -0.0681. The number of nitrogens with zero attached hydrogens (tertiary/aromatic N) is 1. The minimum atomic E-state index is -0.653. The number of pyridine rings is 1. The van der Waals surface area contributed by atoms with Gasteiger partial charge in [0.25, 0.3) is 0 Å². The molecule has 0 atom stereocenters. The molecule has 0 aromatic carbocycles. The normalized spacial score (nSPS) is 17.1. The first kappa shape index (κ1) is 11.0. The number of hydrogen-bond acceptors (Lipinski definition) is 4. The molecule has 1 aromatic rings. The number of esters is 1. The zero-order chi connectivity index (χ0) is 11.4. The molecule has 1 fully saturated rings. The Hall–Kier alpha value is -1.49. The van der Waals surface area contributed by atoms with Crippen molar-refractivity contribution in [3.63, 3.8) is 0 Å². The van der Waals surface area contributed by atoms with Crippen LogP contribution in [-0.2, 0) is 9.47 Å². The number of carbonyl (C=O) groups is 1. The summed E-state index contributed by atoms with van der Waals surface area (Å²) in [5, 5.41) is 0. The highest BCUT2D eigenvalue weighted by Crippen LogP contribution is 2.14. The van der Waals surface area contributed by atoms with Crippen LogP contribution in [0.3, 0.4) is 0 Å². The molecule has 86 valence electrons. The maximum absolute atomic E-state index is 13.2. The maximum Gasteiger partial charge on any atom is 0.341 e. The molecule has 0 radical (unpaired) electrons. The summed E-state index contributed by atoms with van der Waals surface area (Å²) in [5.74, 6) is -1.29. The zero-order valence-electron chi connectivity index (χ0n) is 8.69. The topological polar surface area (TPSA) is 48.4 Å². The summed E-state index contributed by atoms with van der Waals surface area (Å²) in [7, 11) is 0. The molecular formula is C11H12FNO3. The lowest BCUT2D eigenvalue weighted by molar-refractivity contribution is -0.0162. The molecular weight excluding hydrogens is 213 g/mol. The summed E-state index contributed by atoms with van der Waals surface area (Å²) >= 11 is 0. The van der Waals surface area contributed by atoms with E-state index < -0.39 is 11.8 Å². The summed E-state index contributed by atoms with van der Waals surface area (Å²) in [6, 6.07) is 1.32. The molecule has 1 aliphatic heterocycles. The maximum atomic E-state index is 13.2. The summed E-state index contributed by atoms with van der Waals surface area (Å²) in [4.78, 5) is 15.2. The monoisotopic (exact) mass is 225 g/mol. The van der Waals surface area contributed by atoms with Gasteiger partial charge in [-0.25, -0.2) is 9.18 Å². The van der Waals surface area contributed by atoms with E-state index in [1.165, 1.54) is 12.3 Å². The van der Waals surface area contributed by atoms with E-state index >= 15 is 0 Å². The van der Waals surface area contributed by atoms with Crippen molar-refractivity contribution in [1.82, 2.24) is 4.98 Å². The Labute approximate surface area is 92.4 Å². The van der Waals surface area contributed by atoms with Crippen molar-refractivity contribution in [3.8, 4) is 0 Å². The highest BCUT2D eigenvalue weighted by molar-refractivity contribution is 5.89. The molecule has 0 N–H and O–H groups in total. The second kappa shape index (κ2) is 5.03. The number of halogens is 1.